The quantitative estimate of drug-likeness (QED) is 0.482. The number of benzene rings is 3. The van der Waals surface area contributed by atoms with Gasteiger partial charge in [0, 0.05) is 36.1 Å². The van der Waals surface area contributed by atoms with Gasteiger partial charge in [0.15, 0.2) is 5.13 Å². The maximum absolute atomic E-state index is 12.7. The summed E-state index contributed by atoms with van der Waals surface area (Å²) in [5.41, 5.74) is 3.78. The van der Waals surface area contributed by atoms with Gasteiger partial charge in [-0.25, -0.2) is 4.98 Å². The molecule has 0 aliphatic carbocycles. The molecule has 1 amide bonds. The van der Waals surface area contributed by atoms with Gasteiger partial charge in [0.2, 0.25) is 0 Å². The second-order valence-electron chi connectivity index (χ2n) is 7.60. The minimum atomic E-state index is -0.142. The maximum Gasteiger partial charge on any atom is 0.257 e. The number of thiazole rings is 1. The molecule has 3 aromatic carbocycles. The van der Waals surface area contributed by atoms with Crippen LogP contribution >= 0.6 is 11.3 Å². The number of carbonyl (C=O) groups is 1. The van der Waals surface area contributed by atoms with E-state index in [2.05, 4.69) is 39.5 Å². The van der Waals surface area contributed by atoms with Gasteiger partial charge in [0.05, 0.1) is 18.9 Å². The highest BCUT2D eigenvalue weighted by atomic mass is 32.1. The molecule has 4 aromatic rings. The van der Waals surface area contributed by atoms with Gasteiger partial charge >= 0.3 is 0 Å². The number of rotatable bonds is 5. The SMILES string of the molecule is O=C(Nc1nc(-c2cccc3ccccc23)cs1)c1ccc(CN2CCOCC2)cc1. The molecule has 31 heavy (non-hydrogen) atoms. The molecule has 1 aromatic heterocycles. The number of fused-ring (bicyclic) bond motifs is 1. The lowest BCUT2D eigenvalue weighted by Gasteiger charge is -2.26. The highest BCUT2D eigenvalue weighted by Gasteiger charge is 2.13. The molecule has 0 bridgehead atoms. The van der Waals surface area contributed by atoms with Crippen molar-refractivity contribution in [3.8, 4) is 11.3 Å². The second kappa shape index (κ2) is 8.98. The first kappa shape index (κ1) is 19.9. The molecule has 0 radical (unpaired) electrons. The first-order valence-corrected chi connectivity index (χ1v) is 11.3. The number of anilines is 1. The van der Waals surface area contributed by atoms with E-state index in [1.807, 2.05) is 47.8 Å². The van der Waals surface area contributed by atoms with Crippen molar-refractivity contribution >= 4 is 33.1 Å². The molecule has 1 aliphatic heterocycles. The van der Waals surface area contributed by atoms with Gasteiger partial charge < -0.3 is 4.74 Å². The third-order valence-corrected chi connectivity index (χ3v) is 6.27. The van der Waals surface area contributed by atoms with Gasteiger partial charge in [0.1, 0.15) is 0 Å². The van der Waals surface area contributed by atoms with Gasteiger partial charge in [-0.15, -0.1) is 11.3 Å². The monoisotopic (exact) mass is 429 g/mol. The van der Waals surface area contributed by atoms with E-state index in [1.165, 1.54) is 22.3 Å². The van der Waals surface area contributed by atoms with Crippen molar-refractivity contribution in [3.63, 3.8) is 0 Å². The van der Waals surface area contributed by atoms with Crippen molar-refractivity contribution in [2.45, 2.75) is 6.54 Å². The Balaban J connectivity index is 1.27. The summed E-state index contributed by atoms with van der Waals surface area (Å²) in [5.74, 6) is -0.142. The maximum atomic E-state index is 12.7. The summed E-state index contributed by atoms with van der Waals surface area (Å²) in [4.78, 5) is 19.7. The summed E-state index contributed by atoms with van der Waals surface area (Å²) in [6.07, 6.45) is 0. The Kier molecular flexibility index (Phi) is 5.76. The summed E-state index contributed by atoms with van der Waals surface area (Å²) in [6, 6.07) is 22.3. The fourth-order valence-corrected chi connectivity index (χ4v) is 4.56. The molecule has 6 heteroatoms. The minimum Gasteiger partial charge on any atom is -0.379 e. The van der Waals surface area contributed by atoms with E-state index in [9.17, 15) is 4.79 Å². The average Bonchev–Trinajstić information content (AvgIpc) is 3.28. The van der Waals surface area contributed by atoms with Crippen LogP contribution in [0, 0.1) is 0 Å². The number of carbonyl (C=O) groups excluding carboxylic acids is 1. The third-order valence-electron chi connectivity index (χ3n) is 5.52. The Hall–Kier alpha value is -3.06. The van der Waals surface area contributed by atoms with Crippen LogP contribution in [0.5, 0.6) is 0 Å². The van der Waals surface area contributed by atoms with E-state index in [0.717, 1.165) is 49.5 Å². The molecule has 1 saturated heterocycles. The number of aromatic nitrogens is 1. The molecule has 1 fully saturated rings. The number of amides is 1. The van der Waals surface area contributed by atoms with E-state index >= 15 is 0 Å². The van der Waals surface area contributed by atoms with E-state index < -0.39 is 0 Å². The predicted molar refractivity (Wildman–Crippen MR) is 126 cm³/mol. The summed E-state index contributed by atoms with van der Waals surface area (Å²) in [7, 11) is 0. The van der Waals surface area contributed by atoms with Gasteiger partial charge in [-0.3, -0.25) is 15.0 Å². The zero-order chi connectivity index (χ0) is 21.0. The lowest BCUT2D eigenvalue weighted by Crippen LogP contribution is -2.35. The fraction of sp³-hybridized carbons (Fsp3) is 0.200. The fourth-order valence-electron chi connectivity index (χ4n) is 3.85. The molecule has 1 N–H and O–H groups in total. The Bertz CT molecular complexity index is 1190. The highest BCUT2D eigenvalue weighted by molar-refractivity contribution is 7.14. The zero-order valence-corrected chi connectivity index (χ0v) is 17.9. The lowest BCUT2D eigenvalue weighted by atomic mass is 10.0. The van der Waals surface area contributed by atoms with Crippen LogP contribution in [0.2, 0.25) is 0 Å². The van der Waals surface area contributed by atoms with Gasteiger partial charge in [-0.1, -0.05) is 54.6 Å². The number of nitrogens with zero attached hydrogens (tertiary/aromatic N) is 2. The third kappa shape index (κ3) is 4.51. The van der Waals surface area contributed by atoms with Crippen molar-refractivity contribution in [1.29, 1.82) is 0 Å². The van der Waals surface area contributed by atoms with Gasteiger partial charge in [-0.2, -0.15) is 0 Å². The summed E-state index contributed by atoms with van der Waals surface area (Å²) >= 11 is 1.44. The first-order chi connectivity index (χ1) is 15.3. The van der Waals surface area contributed by atoms with Crippen LogP contribution in [0.3, 0.4) is 0 Å². The molecule has 5 rings (SSSR count). The molecule has 0 atom stereocenters. The normalized spacial score (nSPS) is 14.6. The molecular formula is C25H23N3O2S. The Labute approximate surface area is 185 Å². The first-order valence-electron chi connectivity index (χ1n) is 10.4. The molecule has 1 aliphatic rings. The molecule has 156 valence electrons. The topological polar surface area (TPSA) is 54.5 Å². The molecular weight excluding hydrogens is 406 g/mol. The summed E-state index contributed by atoms with van der Waals surface area (Å²) < 4.78 is 5.40. The average molecular weight is 430 g/mol. The van der Waals surface area contributed by atoms with Crippen molar-refractivity contribution in [2.24, 2.45) is 0 Å². The van der Waals surface area contributed by atoms with Crippen LogP contribution in [0.4, 0.5) is 5.13 Å². The molecule has 0 unspecified atom stereocenters. The largest absolute Gasteiger partial charge is 0.379 e. The van der Waals surface area contributed by atoms with Gasteiger partial charge in [-0.05, 0) is 28.5 Å². The molecule has 2 heterocycles. The van der Waals surface area contributed by atoms with Crippen molar-refractivity contribution in [1.82, 2.24) is 9.88 Å². The number of nitrogens with one attached hydrogen (secondary N) is 1. The smallest absolute Gasteiger partial charge is 0.257 e. The van der Waals surface area contributed by atoms with E-state index in [0.29, 0.717) is 10.7 Å². The lowest BCUT2D eigenvalue weighted by molar-refractivity contribution is 0.0342. The van der Waals surface area contributed by atoms with Crippen LogP contribution in [-0.2, 0) is 11.3 Å². The van der Waals surface area contributed by atoms with Crippen LogP contribution in [0.1, 0.15) is 15.9 Å². The van der Waals surface area contributed by atoms with E-state index in [-0.39, 0.29) is 5.91 Å². The molecule has 5 nitrogen and oxygen atoms in total. The number of hydrogen-bond acceptors (Lipinski definition) is 5. The second-order valence-corrected chi connectivity index (χ2v) is 8.46. The molecule has 0 spiro atoms. The minimum absolute atomic E-state index is 0.142. The Morgan fingerprint density at radius 1 is 1.00 bits per heavy atom. The van der Waals surface area contributed by atoms with Gasteiger partial charge in [0.25, 0.3) is 5.91 Å². The van der Waals surface area contributed by atoms with Crippen molar-refractivity contribution in [3.05, 3.63) is 83.2 Å². The summed E-state index contributed by atoms with van der Waals surface area (Å²) in [6.45, 7) is 4.35. The van der Waals surface area contributed by atoms with Crippen molar-refractivity contribution < 1.29 is 9.53 Å². The highest BCUT2D eigenvalue weighted by Crippen LogP contribution is 2.31. The standard InChI is InChI=1S/C25H23N3O2S/c29-24(20-10-8-18(9-11-20)16-28-12-14-30-15-13-28)27-25-26-23(17-31-25)22-7-3-5-19-4-1-2-6-21(19)22/h1-11,17H,12-16H2,(H,26,27,29). The molecule has 0 saturated carbocycles. The number of morpholine rings is 1. The van der Waals surface area contributed by atoms with E-state index in [4.69, 9.17) is 4.74 Å². The number of hydrogen-bond donors (Lipinski definition) is 1. The predicted octanol–water partition coefficient (Wildman–Crippen LogP) is 5.05. The van der Waals surface area contributed by atoms with Crippen molar-refractivity contribution in [2.75, 3.05) is 31.6 Å². The zero-order valence-electron chi connectivity index (χ0n) is 17.1. The van der Waals surface area contributed by atoms with Crippen LogP contribution < -0.4 is 5.32 Å². The van der Waals surface area contributed by atoms with E-state index in [1.54, 1.807) is 0 Å². The number of ether oxygens (including phenoxy) is 1. The van der Waals surface area contributed by atoms with Crippen LogP contribution in [0.25, 0.3) is 22.0 Å². The summed E-state index contributed by atoms with van der Waals surface area (Å²) in [5, 5.41) is 7.86. The Morgan fingerprint density at radius 3 is 2.61 bits per heavy atom. The Morgan fingerprint density at radius 2 is 1.77 bits per heavy atom. The van der Waals surface area contributed by atoms with Crippen LogP contribution in [-0.4, -0.2) is 42.1 Å². The van der Waals surface area contributed by atoms with Crippen LogP contribution in [0.15, 0.2) is 72.1 Å².